The van der Waals surface area contributed by atoms with Crippen molar-refractivity contribution in [2.45, 2.75) is 6.92 Å². The van der Waals surface area contributed by atoms with Crippen molar-refractivity contribution in [3.8, 4) is 0 Å². The fourth-order valence-corrected chi connectivity index (χ4v) is 1.67. The first-order valence-corrected chi connectivity index (χ1v) is 6.04. The number of amides is 1. The minimum atomic E-state index is -0.438. The van der Waals surface area contributed by atoms with Crippen LogP contribution in [0.25, 0.3) is 0 Å². The first-order valence-electron chi connectivity index (χ1n) is 5.25. The van der Waals surface area contributed by atoms with Crippen LogP contribution in [-0.4, -0.2) is 10.9 Å². The quantitative estimate of drug-likeness (QED) is 0.922. The van der Waals surface area contributed by atoms with E-state index in [2.05, 4.69) is 26.2 Å². The Morgan fingerprint density at radius 1 is 1.33 bits per heavy atom. The van der Waals surface area contributed by atoms with Gasteiger partial charge in [0.2, 0.25) is 0 Å². The van der Waals surface area contributed by atoms with Gasteiger partial charge in [-0.05, 0) is 42.8 Å². The Bertz CT molecular complexity index is 584. The zero-order valence-electron chi connectivity index (χ0n) is 9.58. The van der Waals surface area contributed by atoms with Crippen molar-refractivity contribution in [2.75, 3.05) is 5.32 Å². The Balaban J connectivity index is 2.16. The fraction of sp³-hybridized carbons (Fsp3) is 0.0769. The Morgan fingerprint density at radius 2 is 2.11 bits per heavy atom. The molecule has 0 saturated carbocycles. The summed E-state index contributed by atoms with van der Waals surface area (Å²) in [5.74, 6) is -0.390. The highest BCUT2D eigenvalue weighted by molar-refractivity contribution is 9.10. The molecular formula is C13H10BrFN2O. The van der Waals surface area contributed by atoms with Crippen molar-refractivity contribution < 1.29 is 9.18 Å². The molecule has 0 fully saturated rings. The van der Waals surface area contributed by atoms with E-state index < -0.39 is 5.82 Å². The third-order valence-electron chi connectivity index (χ3n) is 2.39. The Hall–Kier alpha value is -1.75. The molecule has 0 unspecified atom stereocenters. The summed E-state index contributed by atoms with van der Waals surface area (Å²) in [5, 5.41) is 2.60. The van der Waals surface area contributed by atoms with Crippen LogP contribution in [0.3, 0.4) is 0 Å². The summed E-state index contributed by atoms with van der Waals surface area (Å²) in [6, 6.07) is 7.94. The number of hydrogen-bond acceptors (Lipinski definition) is 2. The lowest BCUT2D eigenvalue weighted by Gasteiger charge is -2.05. The zero-order valence-corrected chi connectivity index (χ0v) is 11.2. The minimum Gasteiger partial charge on any atom is -0.307 e. The standard InChI is InChI=1S/C13H10BrFN2O/c1-8-6-9(2-4-11(8)14)13(18)17-12-5-3-10(15)7-16-12/h2-7H,1H3,(H,16,17,18). The summed E-state index contributed by atoms with van der Waals surface area (Å²) >= 11 is 3.37. The van der Waals surface area contributed by atoms with Crippen molar-refractivity contribution in [3.05, 3.63) is 57.9 Å². The maximum atomic E-state index is 12.7. The van der Waals surface area contributed by atoms with E-state index in [0.29, 0.717) is 11.4 Å². The van der Waals surface area contributed by atoms with Crippen molar-refractivity contribution in [1.29, 1.82) is 0 Å². The molecule has 0 saturated heterocycles. The first kappa shape index (κ1) is 12.7. The molecule has 0 bridgehead atoms. The number of halogens is 2. The van der Waals surface area contributed by atoms with Crippen LogP contribution < -0.4 is 5.32 Å². The van der Waals surface area contributed by atoms with E-state index in [4.69, 9.17) is 0 Å². The third kappa shape index (κ3) is 2.92. The molecule has 0 aliphatic heterocycles. The van der Waals surface area contributed by atoms with E-state index in [0.717, 1.165) is 16.2 Å². The van der Waals surface area contributed by atoms with Crippen molar-refractivity contribution in [2.24, 2.45) is 0 Å². The molecule has 0 atom stereocenters. The molecule has 1 amide bonds. The molecule has 0 aliphatic rings. The van der Waals surface area contributed by atoms with Gasteiger partial charge in [-0.25, -0.2) is 9.37 Å². The molecule has 1 heterocycles. The molecule has 2 aromatic rings. The number of aryl methyl sites for hydroxylation is 1. The first-order chi connectivity index (χ1) is 8.56. The topological polar surface area (TPSA) is 42.0 Å². The normalized spacial score (nSPS) is 10.2. The number of aromatic nitrogens is 1. The van der Waals surface area contributed by atoms with Crippen LogP contribution in [0.1, 0.15) is 15.9 Å². The van der Waals surface area contributed by atoms with Crippen LogP contribution in [0.5, 0.6) is 0 Å². The van der Waals surface area contributed by atoms with Crippen molar-refractivity contribution in [3.63, 3.8) is 0 Å². The summed E-state index contributed by atoms with van der Waals surface area (Å²) in [4.78, 5) is 15.7. The van der Waals surface area contributed by atoms with Gasteiger partial charge >= 0.3 is 0 Å². The van der Waals surface area contributed by atoms with Crippen LogP contribution in [0.4, 0.5) is 10.2 Å². The average Bonchev–Trinajstić information content (AvgIpc) is 2.35. The maximum absolute atomic E-state index is 12.7. The molecule has 5 heteroatoms. The molecular weight excluding hydrogens is 299 g/mol. The monoisotopic (exact) mass is 308 g/mol. The molecule has 3 nitrogen and oxygen atoms in total. The number of pyridine rings is 1. The van der Waals surface area contributed by atoms with Crippen molar-refractivity contribution in [1.82, 2.24) is 4.98 Å². The highest BCUT2D eigenvalue weighted by Gasteiger charge is 2.08. The number of nitrogens with zero attached hydrogens (tertiary/aromatic N) is 1. The molecule has 92 valence electrons. The second kappa shape index (κ2) is 5.27. The van der Waals surface area contributed by atoms with Gasteiger partial charge in [-0.3, -0.25) is 4.79 Å². The average molecular weight is 309 g/mol. The number of anilines is 1. The molecule has 1 aromatic carbocycles. The van der Waals surface area contributed by atoms with E-state index in [1.807, 2.05) is 13.0 Å². The largest absolute Gasteiger partial charge is 0.307 e. The van der Waals surface area contributed by atoms with E-state index >= 15 is 0 Å². The summed E-state index contributed by atoms with van der Waals surface area (Å²) in [5.41, 5.74) is 1.50. The van der Waals surface area contributed by atoms with Gasteiger partial charge in [0.05, 0.1) is 6.20 Å². The van der Waals surface area contributed by atoms with Gasteiger partial charge in [-0.15, -0.1) is 0 Å². The highest BCUT2D eigenvalue weighted by atomic mass is 79.9. The molecule has 0 aliphatic carbocycles. The predicted octanol–water partition coefficient (Wildman–Crippen LogP) is 3.54. The van der Waals surface area contributed by atoms with E-state index in [1.54, 1.807) is 12.1 Å². The molecule has 2 rings (SSSR count). The van der Waals surface area contributed by atoms with Crippen molar-refractivity contribution >= 4 is 27.7 Å². The SMILES string of the molecule is Cc1cc(C(=O)Nc2ccc(F)cn2)ccc1Br. The number of carbonyl (C=O) groups is 1. The number of nitrogens with one attached hydrogen (secondary N) is 1. The summed E-state index contributed by atoms with van der Waals surface area (Å²) in [6.07, 6.45) is 1.06. The van der Waals surface area contributed by atoms with E-state index in [-0.39, 0.29) is 5.91 Å². The number of hydrogen-bond donors (Lipinski definition) is 1. The van der Waals surface area contributed by atoms with Gasteiger partial charge < -0.3 is 5.32 Å². The smallest absolute Gasteiger partial charge is 0.256 e. The summed E-state index contributed by atoms with van der Waals surface area (Å²) in [7, 11) is 0. The fourth-order valence-electron chi connectivity index (χ4n) is 1.42. The van der Waals surface area contributed by atoms with Gasteiger partial charge in [0.15, 0.2) is 0 Å². The lowest BCUT2D eigenvalue weighted by Crippen LogP contribution is -2.13. The van der Waals surface area contributed by atoms with Crippen LogP contribution in [0.15, 0.2) is 41.0 Å². The van der Waals surface area contributed by atoms with Crippen LogP contribution >= 0.6 is 15.9 Å². The lowest BCUT2D eigenvalue weighted by molar-refractivity contribution is 0.102. The molecule has 18 heavy (non-hydrogen) atoms. The Morgan fingerprint density at radius 3 is 2.72 bits per heavy atom. The van der Waals surface area contributed by atoms with Gasteiger partial charge in [0, 0.05) is 10.0 Å². The number of carbonyl (C=O) groups excluding carboxylic acids is 1. The lowest BCUT2D eigenvalue weighted by atomic mass is 10.1. The van der Waals surface area contributed by atoms with E-state index in [9.17, 15) is 9.18 Å². The molecule has 0 spiro atoms. The van der Waals surface area contributed by atoms with Crippen LogP contribution in [0.2, 0.25) is 0 Å². The molecule has 1 N–H and O–H groups in total. The number of benzene rings is 1. The third-order valence-corrected chi connectivity index (χ3v) is 3.28. The van der Waals surface area contributed by atoms with Gasteiger partial charge in [-0.2, -0.15) is 0 Å². The Labute approximate surface area is 112 Å². The Kier molecular flexibility index (Phi) is 3.72. The molecule has 1 aromatic heterocycles. The maximum Gasteiger partial charge on any atom is 0.256 e. The predicted molar refractivity (Wildman–Crippen MR) is 71.0 cm³/mol. The second-order valence-electron chi connectivity index (χ2n) is 3.78. The van der Waals surface area contributed by atoms with Gasteiger partial charge in [-0.1, -0.05) is 15.9 Å². The summed E-state index contributed by atoms with van der Waals surface area (Å²) in [6.45, 7) is 1.90. The second-order valence-corrected chi connectivity index (χ2v) is 4.63. The number of rotatable bonds is 2. The molecule has 0 radical (unpaired) electrons. The van der Waals surface area contributed by atoms with Gasteiger partial charge in [0.1, 0.15) is 11.6 Å². The van der Waals surface area contributed by atoms with Crippen LogP contribution in [-0.2, 0) is 0 Å². The minimum absolute atomic E-state index is 0.273. The highest BCUT2D eigenvalue weighted by Crippen LogP contribution is 2.17. The summed E-state index contributed by atoms with van der Waals surface area (Å²) < 4.78 is 13.6. The van der Waals surface area contributed by atoms with E-state index in [1.165, 1.54) is 12.1 Å². The zero-order chi connectivity index (χ0) is 13.1. The van der Waals surface area contributed by atoms with Gasteiger partial charge in [0.25, 0.3) is 5.91 Å². The van der Waals surface area contributed by atoms with Crippen LogP contribution in [0, 0.1) is 12.7 Å².